The van der Waals surface area contributed by atoms with Gasteiger partial charge in [0.25, 0.3) is 0 Å². The van der Waals surface area contributed by atoms with Crippen molar-refractivity contribution < 1.29 is 49.0 Å². The summed E-state index contributed by atoms with van der Waals surface area (Å²) in [5, 5.41) is 10.1. The second-order valence-electron chi connectivity index (χ2n) is 12.6. The van der Waals surface area contributed by atoms with Crippen LogP contribution in [0.5, 0.6) is 0 Å². The van der Waals surface area contributed by atoms with Gasteiger partial charge in [0, 0.05) is 22.3 Å². The Kier molecular flexibility index (Phi) is 18.6. The van der Waals surface area contributed by atoms with Crippen molar-refractivity contribution in [1.82, 2.24) is 0 Å². The van der Waals surface area contributed by atoms with Gasteiger partial charge in [-0.05, 0) is 56.4 Å². The Morgan fingerprint density at radius 3 is 1.74 bits per heavy atom. The first kappa shape index (κ1) is 38.8. The van der Waals surface area contributed by atoms with E-state index in [0.29, 0.717) is 28.7 Å². The Morgan fingerprint density at radius 1 is 0.744 bits per heavy atom. The fourth-order valence-electron chi connectivity index (χ4n) is 5.46. The third kappa shape index (κ3) is 13.9. The zero-order chi connectivity index (χ0) is 31.1. The number of benzene rings is 2. The number of hydrogen-bond donors (Lipinski definition) is 0. The van der Waals surface area contributed by atoms with Crippen molar-refractivity contribution in [3.8, 4) is 0 Å². The molecular formula is C38H51NaO4. The molecule has 0 saturated heterocycles. The fraction of sp³-hybridized carbons (Fsp3) is 0.500. The molecule has 0 amide bonds. The second kappa shape index (κ2) is 20.6. The Bertz CT molecular complexity index is 1230. The Labute approximate surface area is 282 Å². The molecule has 0 radical (unpaired) electrons. The van der Waals surface area contributed by atoms with Gasteiger partial charge in [0.1, 0.15) is 0 Å². The molecule has 0 spiro atoms. The van der Waals surface area contributed by atoms with E-state index in [2.05, 4.69) is 40.7 Å². The van der Waals surface area contributed by atoms with Crippen LogP contribution in [0.25, 0.3) is 0 Å². The second-order valence-corrected chi connectivity index (χ2v) is 12.6. The SMILES string of the molecule is CC(=CCC1=C(C)C(=O)c2ccccc2C1=O)CCCC(C)CCCC(C)CCCC(C)C.O=C([O-])c1ccccc1.[Na+]. The van der Waals surface area contributed by atoms with E-state index in [-0.39, 0.29) is 46.7 Å². The van der Waals surface area contributed by atoms with Crippen LogP contribution < -0.4 is 34.7 Å². The molecule has 228 valence electrons. The molecule has 1 aliphatic rings. The average Bonchev–Trinajstić information content (AvgIpc) is 2.96. The third-order valence-corrected chi connectivity index (χ3v) is 8.29. The monoisotopic (exact) mass is 594 g/mol. The summed E-state index contributed by atoms with van der Waals surface area (Å²) in [5.74, 6) is 1.35. The van der Waals surface area contributed by atoms with Crippen molar-refractivity contribution in [2.75, 3.05) is 0 Å². The summed E-state index contributed by atoms with van der Waals surface area (Å²) in [6.07, 6.45) is 14.4. The maximum Gasteiger partial charge on any atom is 1.00 e. The molecule has 3 rings (SSSR count). The predicted molar refractivity (Wildman–Crippen MR) is 172 cm³/mol. The van der Waals surface area contributed by atoms with Gasteiger partial charge in [-0.2, -0.15) is 0 Å². The van der Waals surface area contributed by atoms with Crippen LogP contribution in [-0.4, -0.2) is 17.5 Å². The minimum Gasteiger partial charge on any atom is -0.545 e. The molecular weight excluding hydrogens is 543 g/mol. The number of carbonyl (C=O) groups excluding carboxylic acids is 3. The van der Waals surface area contributed by atoms with Crippen LogP contribution in [0.4, 0.5) is 0 Å². The number of allylic oxidation sites excluding steroid dienone is 4. The minimum atomic E-state index is -1.13. The Morgan fingerprint density at radius 2 is 1.23 bits per heavy atom. The molecule has 0 saturated carbocycles. The molecule has 2 atom stereocenters. The van der Waals surface area contributed by atoms with Crippen LogP contribution in [0.3, 0.4) is 0 Å². The number of carbonyl (C=O) groups is 3. The fourth-order valence-corrected chi connectivity index (χ4v) is 5.46. The number of fused-ring (bicyclic) bond motifs is 1. The van der Waals surface area contributed by atoms with Crippen LogP contribution in [0.15, 0.2) is 77.4 Å². The van der Waals surface area contributed by atoms with E-state index in [1.54, 1.807) is 37.3 Å². The van der Waals surface area contributed by atoms with E-state index in [0.717, 1.165) is 24.2 Å². The Balaban J connectivity index is 0.000000788. The maximum atomic E-state index is 12.9. The molecule has 0 bridgehead atoms. The number of Topliss-reactive ketones (excluding diaryl/α,β-unsaturated/α-hetero) is 2. The number of carboxylic acids is 1. The molecule has 2 aromatic carbocycles. The van der Waals surface area contributed by atoms with Crippen molar-refractivity contribution in [3.63, 3.8) is 0 Å². The van der Waals surface area contributed by atoms with Crippen molar-refractivity contribution in [3.05, 3.63) is 94.1 Å². The predicted octanol–water partition coefficient (Wildman–Crippen LogP) is 6.21. The van der Waals surface area contributed by atoms with Crippen LogP contribution in [0, 0.1) is 17.8 Å². The average molecular weight is 595 g/mol. The van der Waals surface area contributed by atoms with E-state index in [9.17, 15) is 19.5 Å². The van der Waals surface area contributed by atoms with Gasteiger partial charge in [-0.15, -0.1) is 0 Å². The minimum absolute atomic E-state index is 0. The summed E-state index contributed by atoms with van der Waals surface area (Å²) in [7, 11) is 0. The van der Waals surface area contributed by atoms with Gasteiger partial charge in [0.05, 0.1) is 5.97 Å². The van der Waals surface area contributed by atoms with Crippen molar-refractivity contribution in [2.24, 2.45) is 17.8 Å². The quantitative estimate of drug-likeness (QED) is 0.182. The first-order chi connectivity index (χ1) is 20.0. The van der Waals surface area contributed by atoms with Crippen molar-refractivity contribution >= 4 is 17.5 Å². The van der Waals surface area contributed by atoms with Crippen LogP contribution in [-0.2, 0) is 0 Å². The molecule has 4 nitrogen and oxygen atoms in total. The van der Waals surface area contributed by atoms with Gasteiger partial charge < -0.3 is 9.90 Å². The molecule has 2 aromatic rings. The number of aromatic carboxylic acids is 1. The number of ketones is 2. The van der Waals surface area contributed by atoms with Crippen LogP contribution in [0.1, 0.15) is 137 Å². The third-order valence-electron chi connectivity index (χ3n) is 8.29. The van der Waals surface area contributed by atoms with Gasteiger partial charge in [-0.25, -0.2) is 0 Å². The normalized spacial score (nSPS) is 14.4. The molecule has 43 heavy (non-hydrogen) atoms. The zero-order valence-corrected chi connectivity index (χ0v) is 29.7. The summed E-state index contributed by atoms with van der Waals surface area (Å²) in [6.45, 7) is 13.4. The van der Waals surface area contributed by atoms with E-state index in [1.165, 1.54) is 69.1 Å². The summed E-state index contributed by atoms with van der Waals surface area (Å²) in [4.78, 5) is 35.6. The number of carboxylic acid groups (broad SMARTS) is 1. The molecule has 0 aromatic heterocycles. The van der Waals surface area contributed by atoms with Crippen LogP contribution >= 0.6 is 0 Å². The summed E-state index contributed by atoms with van der Waals surface area (Å²) in [5.41, 5.74) is 3.90. The maximum absolute atomic E-state index is 12.9. The summed E-state index contributed by atoms with van der Waals surface area (Å²) in [6, 6.07) is 15.2. The van der Waals surface area contributed by atoms with Crippen molar-refractivity contribution in [2.45, 2.75) is 106 Å². The first-order valence-corrected chi connectivity index (χ1v) is 15.8. The molecule has 1 aliphatic carbocycles. The molecule has 5 heteroatoms. The van der Waals surface area contributed by atoms with E-state index in [4.69, 9.17) is 0 Å². The molecule has 0 aliphatic heterocycles. The smallest absolute Gasteiger partial charge is 0.545 e. The summed E-state index contributed by atoms with van der Waals surface area (Å²) >= 11 is 0. The van der Waals surface area contributed by atoms with Crippen LogP contribution in [0.2, 0.25) is 0 Å². The Hall–Kier alpha value is -2.27. The van der Waals surface area contributed by atoms with Crippen molar-refractivity contribution in [1.29, 1.82) is 0 Å². The van der Waals surface area contributed by atoms with E-state index in [1.807, 2.05) is 12.1 Å². The zero-order valence-electron chi connectivity index (χ0n) is 27.7. The van der Waals surface area contributed by atoms with Gasteiger partial charge in [-0.3, -0.25) is 9.59 Å². The first-order valence-electron chi connectivity index (χ1n) is 15.8. The van der Waals surface area contributed by atoms with E-state index >= 15 is 0 Å². The van der Waals surface area contributed by atoms with Gasteiger partial charge in [0.15, 0.2) is 11.6 Å². The molecule has 0 heterocycles. The largest absolute Gasteiger partial charge is 1.00 e. The molecule has 0 N–H and O–H groups in total. The topological polar surface area (TPSA) is 74.3 Å². The molecule has 2 unspecified atom stereocenters. The van der Waals surface area contributed by atoms with Gasteiger partial charge >= 0.3 is 29.6 Å². The number of rotatable bonds is 15. The summed E-state index contributed by atoms with van der Waals surface area (Å²) < 4.78 is 0. The van der Waals surface area contributed by atoms with E-state index < -0.39 is 5.97 Å². The number of hydrogen-bond acceptors (Lipinski definition) is 4. The van der Waals surface area contributed by atoms with Gasteiger partial charge in [0.2, 0.25) is 0 Å². The molecule has 0 fully saturated rings. The standard InChI is InChI=1S/C31H46O2.C7H6O2.Na/c1-22(2)12-9-13-23(3)14-10-15-24(4)16-11-17-25(5)20-21-27-26(6)30(32)28-18-7-8-19-29(28)31(27)33;8-7(9)6-4-2-1-3-5-6;/h7-8,18-20,22-24H,9-17,21H2,1-6H3;1-5H,(H,8,9);/q;;+1/p-1. The van der Waals surface area contributed by atoms with Gasteiger partial charge in [-0.1, -0.05) is 139 Å².